The number of nitrogen functional groups attached to an aromatic ring is 1. The van der Waals surface area contributed by atoms with E-state index in [2.05, 4.69) is 5.32 Å². The summed E-state index contributed by atoms with van der Waals surface area (Å²) in [6.07, 6.45) is 0. The topological polar surface area (TPSA) is 72.2 Å². The highest BCUT2D eigenvalue weighted by molar-refractivity contribution is 7.86. The van der Waals surface area contributed by atoms with Crippen LogP contribution < -0.4 is 11.1 Å². The zero-order valence-electron chi connectivity index (χ0n) is 10.5. The summed E-state index contributed by atoms with van der Waals surface area (Å²) in [4.78, 5) is 12.3. The van der Waals surface area contributed by atoms with Crippen LogP contribution in [-0.4, -0.2) is 15.9 Å². The maximum atomic E-state index is 12.1. The van der Waals surface area contributed by atoms with Crippen molar-refractivity contribution >= 4 is 39.7 Å². The van der Waals surface area contributed by atoms with Gasteiger partial charge in [-0.2, -0.15) is 0 Å². The molecular formula is C14H13ClN2O2S. The number of nitrogens with one attached hydrogen (secondary N) is 1. The molecule has 0 heterocycles. The Bertz CT molecular complexity index is 661. The number of nitrogens with two attached hydrogens (primary N) is 1. The molecule has 6 heteroatoms. The molecule has 0 bridgehead atoms. The van der Waals surface area contributed by atoms with Crippen molar-refractivity contribution in [2.75, 3.05) is 16.8 Å². The fraction of sp³-hybridized carbons (Fsp3) is 0.0714. The maximum Gasteiger partial charge on any atom is 0.237 e. The Kier molecular flexibility index (Phi) is 4.76. The van der Waals surface area contributed by atoms with Crippen molar-refractivity contribution in [3.05, 3.63) is 53.6 Å². The summed E-state index contributed by atoms with van der Waals surface area (Å²) in [6.45, 7) is 0. The number of hydrogen-bond acceptors (Lipinski definition) is 3. The third-order valence-electron chi connectivity index (χ3n) is 2.51. The van der Waals surface area contributed by atoms with Gasteiger partial charge in [0.15, 0.2) is 0 Å². The first-order valence-electron chi connectivity index (χ1n) is 5.84. The number of benzene rings is 2. The summed E-state index contributed by atoms with van der Waals surface area (Å²) >= 11 is 5.94. The quantitative estimate of drug-likeness (QED) is 0.853. The molecule has 20 heavy (non-hydrogen) atoms. The van der Waals surface area contributed by atoms with E-state index in [4.69, 9.17) is 17.3 Å². The number of anilines is 2. The molecule has 0 saturated heterocycles. The number of halogens is 1. The highest BCUT2D eigenvalue weighted by Gasteiger charge is 2.13. The third-order valence-corrected chi connectivity index (χ3v) is 4.33. The second kappa shape index (κ2) is 6.54. The number of carbonyl (C=O) groups is 1. The summed E-state index contributed by atoms with van der Waals surface area (Å²) in [5, 5.41) is 3.04. The number of amides is 1. The molecule has 2 rings (SSSR count). The molecule has 0 fully saturated rings. The van der Waals surface area contributed by atoms with E-state index in [1.807, 2.05) is 0 Å². The maximum absolute atomic E-state index is 12.1. The molecule has 1 atom stereocenters. The minimum Gasteiger partial charge on any atom is -0.399 e. The van der Waals surface area contributed by atoms with Crippen molar-refractivity contribution < 1.29 is 9.00 Å². The third kappa shape index (κ3) is 3.82. The number of hydrogen-bond donors (Lipinski definition) is 2. The normalized spacial score (nSPS) is 11.8. The van der Waals surface area contributed by atoms with Gasteiger partial charge in [0.05, 0.1) is 20.7 Å². The molecule has 0 aliphatic heterocycles. The molecule has 1 unspecified atom stereocenters. The van der Waals surface area contributed by atoms with Gasteiger partial charge in [0.25, 0.3) is 0 Å². The Morgan fingerprint density at radius 1 is 1.20 bits per heavy atom. The smallest absolute Gasteiger partial charge is 0.237 e. The first-order chi connectivity index (χ1) is 9.56. The van der Waals surface area contributed by atoms with E-state index in [1.165, 1.54) is 0 Å². The van der Waals surface area contributed by atoms with E-state index >= 15 is 0 Å². The van der Waals surface area contributed by atoms with E-state index in [0.29, 0.717) is 21.3 Å². The van der Waals surface area contributed by atoms with Crippen molar-refractivity contribution in [2.24, 2.45) is 0 Å². The second-order valence-corrected chi connectivity index (χ2v) is 5.92. The van der Waals surface area contributed by atoms with Crippen molar-refractivity contribution in [1.29, 1.82) is 0 Å². The molecule has 2 aromatic rings. The lowest BCUT2D eigenvalue weighted by Gasteiger charge is -2.07. The van der Waals surface area contributed by atoms with E-state index < -0.39 is 10.8 Å². The molecule has 0 radical (unpaired) electrons. The van der Waals surface area contributed by atoms with Gasteiger partial charge in [-0.3, -0.25) is 9.00 Å². The monoisotopic (exact) mass is 308 g/mol. The first kappa shape index (κ1) is 14.6. The molecule has 0 saturated carbocycles. The van der Waals surface area contributed by atoms with Crippen LogP contribution in [0.1, 0.15) is 0 Å². The minimum atomic E-state index is -1.48. The van der Waals surface area contributed by atoms with Gasteiger partial charge in [0.2, 0.25) is 5.91 Å². The standard InChI is InChI=1S/C14H13ClN2O2S/c15-12-6-1-2-7-13(12)20(19)9-14(18)17-11-5-3-4-10(16)8-11/h1-8H,9,16H2,(H,17,18). The Morgan fingerprint density at radius 2 is 1.95 bits per heavy atom. The largest absolute Gasteiger partial charge is 0.399 e. The van der Waals surface area contributed by atoms with Crippen LogP contribution in [0.15, 0.2) is 53.4 Å². The van der Waals surface area contributed by atoms with Crippen LogP contribution in [-0.2, 0) is 15.6 Å². The van der Waals surface area contributed by atoms with Gasteiger partial charge in [0, 0.05) is 11.4 Å². The van der Waals surface area contributed by atoms with Crippen LogP contribution in [0, 0.1) is 0 Å². The summed E-state index contributed by atoms with van der Waals surface area (Å²) in [6, 6.07) is 13.6. The molecule has 0 aliphatic carbocycles. The van der Waals surface area contributed by atoms with Gasteiger partial charge in [-0.15, -0.1) is 0 Å². The summed E-state index contributed by atoms with van der Waals surface area (Å²) < 4.78 is 12.1. The number of carbonyl (C=O) groups excluding carboxylic acids is 1. The highest BCUT2D eigenvalue weighted by atomic mass is 35.5. The Morgan fingerprint density at radius 3 is 2.65 bits per heavy atom. The van der Waals surface area contributed by atoms with E-state index in [9.17, 15) is 9.00 Å². The fourth-order valence-corrected chi connectivity index (χ4v) is 3.02. The highest BCUT2D eigenvalue weighted by Crippen LogP contribution is 2.19. The van der Waals surface area contributed by atoms with E-state index in [-0.39, 0.29) is 11.7 Å². The van der Waals surface area contributed by atoms with Crippen LogP contribution >= 0.6 is 11.6 Å². The minimum absolute atomic E-state index is 0.154. The van der Waals surface area contributed by atoms with E-state index in [1.54, 1.807) is 48.5 Å². The second-order valence-electron chi connectivity index (χ2n) is 4.09. The van der Waals surface area contributed by atoms with Crippen LogP contribution in [0.3, 0.4) is 0 Å². The summed E-state index contributed by atoms with van der Waals surface area (Å²) in [5.41, 5.74) is 6.74. The van der Waals surface area contributed by atoms with Crippen LogP contribution in [0.5, 0.6) is 0 Å². The Balaban J connectivity index is 2.02. The lowest BCUT2D eigenvalue weighted by Crippen LogP contribution is -2.19. The molecule has 0 spiro atoms. The predicted octanol–water partition coefficient (Wildman–Crippen LogP) is 2.67. The Labute approximate surface area is 124 Å². The molecule has 4 nitrogen and oxygen atoms in total. The van der Waals surface area contributed by atoms with Gasteiger partial charge in [-0.05, 0) is 30.3 Å². The summed E-state index contributed by atoms with van der Waals surface area (Å²) in [5.74, 6) is -0.507. The van der Waals surface area contributed by atoms with Crippen LogP contribution in [0.4, 0.5) is 11.4 Å². The van der Waals surface area contributed by atoms with Gasteiger partial charge in [0.1, 0.15) is 5.75 Å². The zero-order chi connectivity index (χ0) is 14.5. The fourth-order valence-electron chi connectivity index (χ4n) is 1.64. The molecular weight excluding hydrogens is 296 g/mol. The van der Waals surface area contributed by atoms with Crippen molar-refractivity contribution in [3.63, 3.8) is 0 Å². The van der Waals surface area contributed by atoms with Gasteiger partial charge >= 0.3 is 0 Å². The van der Waals surface area contributed by atoms with Gasteiger partial charge in [-0.25, -0.2) is 0 Å². The summed E-state index contributed by atoms with van der Waals surface area (Å²) in [7, 11) is -1.48. The zero-order valence-corrected chi connectivity index (χ0v) is 12.1. The van der Waals surface area contributed by atoms with Crippen LogP contribution in [0.25, 0.3) is 0 Å². The molecule has 3 N–H and O–H groups in total. The van der Waals surface area contributed by atoms with E-state index in [0.717, 1.165) is 0 Å². The molecule has 104 valence electrons. The molecule has 0 aromatic heterocycles. The average molecular weight is 309 g/mol. The SMILES string of the molecule is Nc1cccc(NC(=O)CS(=O)c2ccccc2Cl)c1. The lowest BCUT2D eigenvalue weighted by atomic mass is 10.3. The first-order valence-corrected chi connectivity index (χ1v) is 7.54. The predicted molar refractivity (Wildman–Crippen MR) is 82.2 cm³/mol. The molecule has 0 aliphatic rings. The van der Waals surface area contributed by atoms with Gasteiger partial charge in [-0.1, -0.05) is 29.8 Å². The van der Waals surface area contributed by atoms with Crippen molar-refractivity contribution in [2.45, 2.75) is 4.90 Å². The lowest BCUT2D eigenvalue weighted by molar-refractivity contribution is -0.113. The number of rotatable bonds is 4. The molecule has 2 aromatic carbocycles. The van der Waals surface area contributed by atoms with Crippen molar-refractivity contribution in [3.8, 4) is 0 Å². The van der Waals surface area contributed by atoms with Crippen LogP contribution in [0.2, 0.25) is 5.02 Å². The van der Waals surface area contributed by atoms with Crippen molar-refractivity contribution in [1.82, 2.24) is 0 Å². The Hall–Kier alpha value is -1.85. The molecule has 1 amide bonds. The van der Waals surface area contributed by atoms with Gasteiger partial charge < -0.3 is 11.1 Å². The average Bonchev–Trinajstić information content (AvgIpc) is 2.38.